The number of allylic oxidation sites excluding steroid dienone is 3. The van der Waals surface area contributed by atoms with E-state index in [1.807, 2.05) is 13.8 Å². The summed E-state index contributed by atoms with van der Waals surface area (Å²) in [6, 6.07) is 0.351. The maximum Gasteiger partial charge on any atom is 0.244 e. The standard InChI is InChI=1S/C27H43N2O4/c1-8-19-17-20-9-10-22(20)24(18-23(19)27(4,5)33-16-15-31-7)28-25(30)26(2,3)29(6)21-11-13-32-14-12-21/h9-10,18,21-22H,8,11-17H2,1-7H3,(H,28,30). The summed E-state index contributed by atoms with van der Waals surface area (Å²) in [4.78, 5) is 15.8. The summed E-state index contributed by atoms with van der Waals surface area (Å²) in [5, 5.41) is 3.33. The van der Waals surface area contributed by atoms with Crippen molar-refractivity contribution < 1.29 is 19.0 Å². The number of methoxy groups -OCH3 is 1. The molecule has 1 N–H and O–H groups in total. The average molecular weight is 460 g/mol. The number of fused-ring (bicyclic) bond motifs is 1. The Morgan fingerprint density at radius 2 is 1.91 bits per heavy atom. The largest absolute Gasteiger partial charge is 0.382 e. The molecule has 1 fully saturated rings. The highest BCUT2D eigenvalue weighted by molar-refractivity contribution is 5.87. The molecule has 0 saturated carbocycles. The Morgan fingerprint density at radius 3 is 2.48 bits per heavy atom. The third kappa shape index (κ3) is 5.79. The number of nitrogens with one attached hydrogen (secondary N) is 1. The number of rotatable bonds is 10. The second kappa shape index (κ2) is 10.9. The molecule has 0 aromatic heterocycles. The van der Waals surface area contributed by atoms with E-state index in [0.717, 1.165) is 50.2 Å². The Kier molecular flexibility index (Phi) is 8.60. The van der Waals surface area contributed by atoms with Gasteiger partial charge in [0.05, 0.1) is 24.4 Å². The van der Waals surface area contributed by atoms with Gasteiger partial charge in [-0.15, -0.1) is 0 Å². The van der Waals surface area contributed by atoms with Crippen LogP contribution >= 0.6 is 0 Å². The van der Waals surface area contributed by atoms with Crippen LogP contribution in [0.3, 0.4) is 0 Å². The number of nitrogens with zero attached hydrogens (tertiary/aromatic N) is 1. The topological polar surface area (TPSA) is 60.0 Å². The number of hydrogen-bond acceptors (Lipinski definition) is 5. The van der Waals surface area contributed by atoms with Crippen LogP contribution in [0.25, 0.3) is 0 Å². The van der Waals surface area contributed by atoms with E-state index < -0.39 is 11.1 Å². The van der Waals surface area contributed by atoms with Crippen LogP contribution in [0.2, 0.25) is 0 Å². The van der Waals surface area contributed by atoms with Crippen LogP contribution in [0.15, 0.2) is 34.6 Å². The molecule has 33 heavy (non-hydrogen) atoms. The number of ether oxygens (including phenoxy) is 3. The highest BCUT2D eigenvalue weighted by Gasteiger charge is 2.40. The van der Waals surface area contributed by atoms with E-state index in [4.69, 9.17) is 14.2 Å². The van der Waals surface area contributed by atoms with Gasteiger partial charge in [0.1, 0.15) is 0 Å². The monoisotopic (exact) mass is 459 g/mol. The minimum atomic E-state index is -0.634. The molecule has 0 spiro atoms. The Balaban J connectivity index is 1.85. The molecule has 2 aliphatic carbocycles. The second-order valence-corrected chi connectivity index (χ2v) is 10.4. The maximum absolute atomic E-state index is 13.6. The van der Waals surface area contributed by atoms with E-state index >= 15 is 0 Å². The molecule has 1 radical (unpaired) electrons. The fraction of sp³-hybridized carbons (Fsp3) is 0.704. The number of amides is 1. The third-order valence-corrected chi connectivity index (χ3v) is 7.60. The molecule has 6 heteroatoms. The number of likely N-dealkylation sites (N-methyl/N-ethyl adjacent to an activating group) is 1. The Morgan fingerprint density at radius 1 is 1.21 bits per heavy atom. The molecule has 185 valence electrons. The summed E-state index contributed by atoms with van der Waals surface area (Å²) in [5.74, 6) is 0.187. The average Bonchev–Trinajstić information content (AvgIpc) is 2.87. The minimum Gasteiger partial charge on any atom is -0.382 e. The fourth-order valence-corrected chi connectivity index (χ4v) is 4.95. The van der Waals surface area contributed by atoms with Gasteiger partial charge in [-0.05, 0) is 78.5 Å². The van der Waals surface area contributed by atoms with E-state index in [0.29, 0.717) is 19.3 Å². The van der Waals surface area contributed by atoms with Crippen LogP contribution in [0.5, 0.6) is 0 Å². The quantitative estimate of drug-likeness (QED) is 0.497. The molecule has 1 amide bonds. The molecular formula is C27H43N2O4. The molecule has 0 aromatic rings. The molecule has 1 unspecified atom stereocenters. The van der Waals surface area contributed by atoms with Crippen LogP contribution < -0.4 is 5.32 Å². The Labute approximate surface area is 200 Å². The molecule has 1 aliphatic heterocycles. The maximum atomic E-state index is 13.6. The van der Waals surface area contributed by atoms with Crippen LogP contribution in [0, 0.1) is 12.3 Å². The van der Waals surface area contributed by atoms with Crippen molar-refractivity contribution in [2.45, 2.75) is 77.5 Å². The van der Waals surface area contributed by atoms with Crippen LogP contribution in [0.4, 0.5) is 0 Å². The Hall–Kier alpha value is -1.47. The molecule has 3 aliphatic rings. The van der Waals surface area contributed by atoms with E-state index in [9.17, 15) is 4.79 Å². The highest BCUT2D eigenvalue weighted by Crippen LogP contribution is 2.43. The van der Waals surface area contributed by atoms with Crippen molar-refractivity contribution in [1.29, 1.82) is 0 Å². The first-order valence-corrected chi connectivity index (χ1v) is 12.3. The summed E-state index contributed by atoms with van der Waals surface area (Å²) in [6.07, 6.45) is 10.3. The lowest BCUT2D eigenvalue weighted by Crippen LogP contribution is -2.57. The van der Waals surface area contributed by atoms with Gasteiger partial charge in [0.2, 0.25) is 5.91 Å². The SMILES string of the molecule is CCC1=C(C(C)(C)OCCOC)C=C(NC(=O)C(C)(C)N(C)C2CCOCC2)C2[CH]C=C2C1. The first-order chi connectivity index (χ1) is 15.6. The van der Waals surface area contributed by atoms with Gasteiger partial charge in [0.15, 0.2) is 0 Å². The van der Waals surface area contributed by atoms with Gasteiger partial charge in [0.25, 0.3) is 0 Å². The lowest BCUT2D eigenvalue weighted by Gasteiger charge is -2.42. The molecule has 3 rings (SSSR count). The molecule has 6 nitrogen and oxygen atoms in total. The number of carbonyl (C=O) groups is 1. The number of hydrogen-bond donors (Lipinski definition) is 1. The zero-order valence-electron chi connectivity index (χ0n) is 21.6. The predicted octanol–water partition coefficient (Wildman–Crippen LogP) is 4.19. The summed E-state index contributed by atoms with van der Waals surface area (Å²) < 4.78 is 16.9. The lowest BCUT2D eigenvalue weighted by atomic mass is 9.79. The van der Waals surface area contributed by atoms with Crippen molar-refractivity contribution in [3.8, 4) is 0 Å². The van der Waals surface area contributed by atoms with Crippen LogP contribution in [-0.2, 0) is 19.0 Å². The van der Waals surface area contributed by atoms with Gasteiger partial charge in [-0.25, -0.2) is 0 Å². The first-order valence-electron chi connectivity index (χ1n) is 12.3. The van der Waals surface area contributed by atoms with E-state index in [1.165, 1.54) is 11.1 Å². The fourth-order valence-electron chi connectivity index (χ4n) is 4.95. The smallest absolute Gasteiger partial charge is 0.244 e. The van der Waals surface area contributed by atoms with Crippen molar-refractivity contribution in [2.75, 3.05) is 40.6 Å². The van der Waals surface area contributed by atoms with Crippen molar-refractivity contribution in [2.24, 2.45) is 5.92 Å². The normalized spacial score (nSPS) is 22.4. The minimum absolute atomic E-state index is 0.0276. The summed E-state index contributed by atoms with van der Waals surface area (Å²) >= 11 is 0. The van der Waals surface area contributed by atoms with Gasteiger partial charge in [-0.2, -0.15) is 0 Å². The van der Waals surface area contributed by atoms with Gasteiger partial charge in [-0.1, -0.05) is 24.1 Å². The van der Waals surface area contributed by atoms with Gasteiger partial charge < -0.3 is 19.5 Å². The third-order valence-electron chi connectivity index (χ3n) is 7.60. The molecule has 1 heterocycles. The molecule has 1 saturated heterocycles. The van der Waals surface area contributed by atoms with Crippen LogP contribution in [-0.4, -0.2) is 68.6 Å². The molecular weight excluding hydrogens is 416 g/mol. The first kappa shape index (κ1) is 26.1. The van der Waals surface area contributed by atoms with Gasteiger partial charge in [-0.3, -0.25) is 9.69 Å². The summed E-state index contributed by atoms with van der Waals surface area (Å²) in [7, 11) is 3.75. The second-order valence-electron chi connectivity index (χ2n) is 10.4. The van der Waals surface area contributed by atoms with E-state index in [2.05, 4.69) is 56.6 Å². The van der Waals surface area contributed by atoms with Gasteiger partial charge in [0, 0.05) is 38.0 Å². The molecule has 1 atom stereocenters. The van der Waals surface area contributed by atoms with E-state index in [-0.39, 0.29) is 11.8 Å². The van der Waals surface area contributed by atoms with Crippen LogP contribution in [0.1, 0.15) is 60.3 Å². The van der Waals surface area contributed by atoms with Crippen molar-refractivity contribution >= 4 is 5.91 Å². The Bertz CT molecular complexity index is 803. The summed E-state index contributed by atoms with van der Waals surface area (Å²) in [6.45, 7) is 13.0. The van der Waals surface area contributed by atoms with Crippen molar-refractivity contribution in [1.82, 2.24) is 10.2 Å². The molecule has 0 bridgehead atoms. The highest BCUT2D eigenvalue weighted by atomic mass is 16.5. The summed E-state index contributed by atoms with van der Waals surface area (Å²) in [5.41, 5.74) is 3.73. The zero-order chi connectivity index (χ0) is 24.2. The lowest BCUT2D eigenvalue weighted by molar-refractivity contribution is -0.132. The molecule has 0 aromatic carbocycles. The zero-order valence-corrected chi connectivity index (χ0v) is 21.6. The van der Waals surface area contributed by atoms with Crippen molar-refractivity contribution in [3.05, 3.63) is 41.0 Å². The van der Waals surface area contributed by atoms with Crippen molar-refractivity contribution in [3.63, 3.8) is 0 Å². The van der Waals surface area contributed by atoms with E-state index in [1.54, 1.807) is 7.11 Å². The number of carbonyl (C=O) groups excluding carboxylic acids is 1. The predicted molar refractivity (Wildman–Crippen MR) is 132 cm³/mol. The van der Waals surface area contributed by atoms with Gasteiger partial charge >= 0.3 is 0 Å².